The van der Waals surface area contributed by atoms with Crippen LogP contribution in [0.4, 0.5) is 0 Å². The number of aryl methyl sites for hydroxylation is 2. The topological polar surface area (TPSA) is 72.9 Å². The van der Waals surface area contributed by atoms with Crippen molar-refractivity contribution < 1.29 is 9.90 Å². The number of carboxylic acid groups (broad SMARTS) is 1. The van der Waals surface area contributed by atoms with E-state index in [1.54, 1.807) is 10.9 Å². The van der Waals surface area contributed by atoms with Crippen LogP contribution in [-0.4, -0.2) is 36.2 Å². The lowest BCUT2D eigenvalue weighted by molar-refractivity contribution is -0.133. The molecular weight excluding hydrogens is 264 g/mol. The van der Waals surface area contributed by atoms with Gasteiger partial charge in [0, 0.05) is 25.1 Å². The van der Waals surface area contributed by atoms with Crippen molar-refractivity contribution in [2.75, 3.05) is 5.75 Å². The summed E-state index contributed by atoms with van der Waals surface area (Å²) < 4.78 is 3.78. The highest BCUT2D eigenvalue weighted by atomic mass is 32.2. The normalized spacial score (nSPS) is 10.8. The van der Waals surface area contributed by atoms with E-state index < -0.39 is 5.97 Å². The third kappa shape index (κ3) is 3.37. The van der Waals surface area contributed by atoms with Crippen molar-refractivity contribution >= 4 is 17.7 Å². The van der Waals surface area contributed by atoms with Crippen LogP contribution in [0.25, 0.3) is 0 Å². The second-order valence-electron chi connectivity index (χ2n) is 4.13. The molecule has 0 radical (unpaired) electrons. The van der Waals surface area contributed by atoms with E-state index in [1.165, 1.54) is 11.8 Å². The second kappa shape index (κ2) is 5.92. The van der Waals surface area contributed by atoms with Gasteiger partial charge in [-0.05, 0) is 12.5 Å². The maximum Gasteiger partial charge on any atom is 0.313 e. The lowest BCUT2D eigenvalue weighted by Gasteiger charge is -2.08. The van der Waals surface area contributed by atoms with Gasteiger partial charge in [-0.15, -0.1) is 0 Å². The lowest BCUT2D eigenvalue weighted by Crippen LogP contribution is -2.08. The molecule has 0 unspecified atom stereocenters. The molecule has 0 aliphatic heterocycles. The van der Waals surface area contributed by atoms with Crippen LogP contribution in [0, 0.1) is 0 Å². The standard InChI is InChI=1S/C12H16N4O2S/c1-3-10-6-13-12(19-8-11(17)18)16(10)7-9-4-5-15(2)14-9/h4-6H,3,7-8H2,1-2H3,(H,17,18). The summed E-state index contributed by atoms with van der Waals surface area (Å²) in [6.45, 7) is 2.67. The number of hydrogen-bond donors (Lipinski definition) is 1. The number of carboxylic acids is 1. The van der Waals surface area contributed by atoms with Crippen molar-refractivity contribution in [1.29, 1.82) is 0 Å². The molecule has 0 saturated heterocycles. The molecule has 0 atom stereocenters. The van der Waals surface area contributed by atoms with E-state index >= 15 is 0 Å². The van der Waals surface area contributed by atoms with Crippen molar-refractivity contribution in [1.82, 2.24) is 19.3 Å². The third-order valence-electron chi connectivity index (χ3n) is 2.68. The third-order valence-corrected chi connectivity index (χ3v) is 3.65. The van der Waals surface area contributed by atoms with Crippen LogP contribution in [0.1, 0.15) is 18.3 Å². The van der Waals surface area contributed by atoms with Gasteiger partial charge in [-0.25, -0.2) is 4.98 Å². The number of hydrogen-bond acceptors (Lipinski definition) is 4. The Bertz CT molecular complexity index is 576. The fraction of sp³-hybridized carbons (Fsp3) is 0.417. The van der Waals surface area contributed by atoms with E-state index in [0.717, 1.165) is 23.0 Å². The Kier molecular flexibility index (Phi) is 4.26. The van der Waals surface area contributed by atoms with Gasteiger partial charge in [-0.2, -0.15) is 5.10 Å². The Morgan fingerprint density at radius 1 is 1.53 bits per heavy atom. The molecule has 2 aromatic rings. The molecule has 0 saturated carbocycles. The van der Waals surface area contributed by atoms with Crippen LogP contribution >= 0.6 is 11.8 Å². The monoisotopic (exact) mass is 280 g/mol. The first kappa shape index (κ1) is 13.7. The summed E-state index contributed by atoms with van der Waals surface area (Å²) >= 11 is 1.24. The Balaban J connectivity index is 2.20. The molecule has 0 spiro atoms. The fourth-order valence-corrected chi connectivity index (χ4v) is 2.51. The number of aromatic nitrogens is 4. The van der Waals surface area contributed by atoms with Crippen molar-refractivity contribution in [3.8, 4) is 0 Å². The van der Waals surface area contributed by atoms with Crippen LogP contribution in [-0.2, 0) is 24.8 Å². The first-order valence-corrected chi connectivity index (χ1v) is 6.96. The SMILES string of the molecule is CCc1cnc(SCC(=O)O)n1Cc1ccn(C)n1. The molecule has 0 aromatic carbocycles. The van der Waals surface area contributed by atoms with Crippen molar-refractivity contribution in [2.45, 2.75) is 25.0 Å². The highest BCUT2D eigenvalue weighted by Gasteiger charge is 2.12. The van der Waals surface area contributed by atoms with E-state index in [2.05, 4.69) is 17.0 Å². The average Bonchev–Trinajstić information content (AvgIpc) is 2.94. The Hall–Kier alpha value is -1.76. The predicted octanol–water partition coefficient (Wildman–Crippen LogP) is 1.40. The molecule has 1 N–H and O–H groups in total. The quantitative estimate of drug-likeness (QED) is 0.810. The van der Waals surface area contributed by atoms with Gasteiger partial charge in [0.1, 0.15) is 0 Å². The Labute approximate surface area is 115 Å². The molecule has 6 nitrogen and oxygen atoms in total. The summed E-state index contributed by atoms with van der Waals surface area (Å²) in [6, 6.07) is 1.95. The number of aliphatic carboxylic acids is 1. The van der Waals surface area contributed by atoms with E-state index in [9.17, 15) is 4.79 Å². The summed E-state index contributed by atoms with van der Waals surface area (Å²) in [6.07, 6.45) is 4.54. The zero-order valence-electron chi connectivity index (χ0n) is 10.9. The number of imidazole rings is 1. The highest BCUT2D eigenvalue weighted by Crippen LogP contribution is 2.20. The second-order valence-corrected chi connectivity index (χ2v) is 5.08. The Morgan fingerprint density at radius 3 is 2.89 bits per heavy atom. The summed E-state index contributed by atoms with van der Waals surface area (Å²) in [7, 11) is 1.87. The molecule has 0 amide bonds. The van der Waals surface area contributed by atoms with Gasteiger partial charge in [0.2, 0.25) is 0 Å². The van der Waals surface area contributed by atoms with E-state index in [1.807, 2.05) is 23.9 Å². The van der Waals surface area contributed by atoms with Crippen LogP contribution in [0.2, 0.25) is 0 Å². The molecule has 7 heteroatoms. The maximum atomic E-state index is 10.6. The summed E-state index contributed by atoms with van der Waals surface area (Å²) in [5.74, 6) is -0.821. The molecule has 0 fully saturated rings. The van der Waals surface area contributed by atoms with Crippen LogP contribution in [0.5, 0.6) is 0 Å². The molecule has 2 heterocycles. The first-order valence-electron chi connectivity index (χ1n) is 5.97. The van der Waals surface area contributed by atoms with Crippen LogP contribution in [0.3, 0.4) is 0 Å². The highest BCUT2D eigenvalue weighted by molar-refractivity contribution is 7.99. The minimum atomic E-state index is -0.838. The van der Waals surface area contributed by atoms with Crippen LogP contribution in [0.15, 0.2) is 23.6 Å². The van der Waals surface area contributed by atoms with Crippen molar-refractivity contribution in [3.05, 3.63) is 29.8 Å². The molecule has 2 rings (SSSR count). The van der Waals surface area contributed by atoms with Gasteiger partial charge < -0.3 is 9.67 Å². The summed E-state index contributed by atoms with van der Waals surface area (Å²) in [5.41, 5.74) is 2.02. The molecule has 0 bridgehead atoms. The molecule has 2 aromatic heterocycles. The van der Waals surface area contributed by atoms with Gasteiger partial charge in [0.25, 0.3) is 0 Å². The van der Waals surface area contributed by atoms with E-state index in [0.29, 0.717) is 6.54 Å². The first-order chi connectivity index (χ1) is 9.10. The minimum absolute atomic E-state index is 0.0163. The molecule has 0 aliphatic rings. The number of thioether (sulfide) groups is 1. The van der Waals surface area contributed by atoms with E-state index in [-0.39, 0.29) is 5.75 Å². The van der Waals surface area contributed by atoms with Gasteiger partial charge in [0.05, 0.1) is 18.0 Å². The molecule has 19 heavy (non-hydrogen) atoms. The van der Waals surface area contributed by atoms with Gasteiger partial charge >= 0.3 is 5.97 Å². The summed E-state index contributed by atoms with van der Waals surface area (Å²) in [4.78, 5) is 14.9. The predicted molar refractivity (Wildman–Crippen MR) is 72.3 cm³/mol. The van der Waals surface area contributed by atoms with Crippen LogP contribution < -0.4 is 0 Å². The molecular formula is C12H16N4O2S. The molecule has 0 aliphatic carbocycles. The summed E-state index contributed by atoms with van der Waals surface area (Å²) in [5, 5.41) is 13.8. The Morgan fingerprint density at radius 2 is 2.32 bits per heavy atom. The smallest absolute Gasteiger partial charge is 0.313 e. The average molecular weight is 280 g/mol. The largest absolute Gasteiger partial charge is 0.481 e. The zero-order chi connectivity index (χ0) is 13.8. The van der Waals surface area contributed by atoms with Gasteiger partial charge in [-0.1, -0.05) is 18.7 Å². The minimum Gasteiger partial charge on any atom is -0.481 e. The maximum absolute atomic E-state index is 10.6. The van der Waals surface area contributed by atoms with Crippen molar-refractivity contribution in [2.24, 2.45) is 7.05 Å². The van der Waals surface area contributed by atoms with Gasteiger partial charge in [-0.3, -0.25) is 9.48 Å². The number of carbonyl (C=O) groups is 1. The number of nitrogens with zero attached hydrogens (tertiary/aromatic N) is 4. The number of rotatable bonds is 6. The van der Waals surface area contributed by atoms with Gasteiger partial charge in [0.15, 0.2) is 5.16 Å². The van der Waals surface area contributed by atoms with E-state index in [4.69, 9.17) is 5.11 Å². The fourth-order valence-electron chi connectivity index (χ4n) is 1.79. The van der Waals surface area contributed by atoms with Crippen molar-refractivity contribution in [3.63, 3.8) is 0 Å². The molecule has 102 valence electrons. The lowest BCUT2D eigenvalue weighted by atomic mass is 10.3. The zero-order valence-corrected chi connectivity index (χ0v) is 11.7.